The van der Waals surface area contributed by atoms with Crippen molar-refractivity contribution in [2.75, 3.05) is 0 Å². The van der Waals surface area contributed by atoms with Crippen LogP contribution in [0.5, 0.6) is 0 Å². The molecule has 0 saturated carbocycles. The van der Waals surface area contributed by atoms with Gasteiger partial charge in [0.1, 0.15) is 0 Å². The molecule has 0 spiro atoms. The zero-order chi connectivity index (χ0) is 23.7. The molecular weight excluding hydrogens is 487 g/mol. The molecule has 2 aromatic carbocycles. The fourth-order valence-electron chi connectivity index (χ4n) is 4.85. The first-order chi connectivity index (χ1) is 15.5. The van der Waals surface area contributed by atoms with Gasteiger partial charge in [-0.1, -0.05) is 0 Å². The second kappa shape index (κ2) is 7.62. The molecule has 0 unspecified atom stereocenters. The van der Waals surface area contributed by atoms with Crippen LogP contribution in [0, 0.1) is 6.92 Å². The number of hydrogen-bond acceptors (Lipinski definition) is 2. The average molecular weight is 521 g/mol. The Balaban J connectivity index is 1.85. The summed E-state index contributed by atoms with van der Waals surface area (Å²) < 4.78 is 7.19. The molecule has 0 N–H and O–H groups in total. The SMILES string of the molecule is Cc1c(-c2c3[se]c4c(C[Si](C)(C)C)nnn4c3cc[n+]2C)cc(C(C)(C)C)c2ccccc12. The van der Waals surface area contributed by atoms with Crippen LogP contribution in [0.2, 0.25) is 19.6 Å². The third-order valence-electron chi connectivity index (χ3n) is 6.45. The van der Waals surface area contributed by atoms with Crippen LogP contribution < -0.4 is 4.57 Å². The van der Waals surface area contributed by atoms with E-state index in [9.17, 15) is 0 Å². The number of nitrogens with zero attached hydrogens (tertiary/aromatic N) is 4. The van der Waals surface area contributed by atoms with Gasteiger partial charge in [0, 0.05) is 0 Å². The van der Waals surface area contributed by atoms with Gasteiger partial charge in [-0.2, -0.15) is 0 Å². The number of pyridine rings is 1. The molecule has 0 aliphatic carbocycles. The standard InChI is InChI=1S/C27H33N4SeSi/c1-17-18-11-9-10-12-19(18)21(27(2,3)4)15-20(17)24-25-23(13-14-30(24)5)31-26(32-25)22(28-29-31)16-33(6,7)8/h9-15H,16H2,1-8H3/q+1. The van der Waals surface area contributed by atoms with Crippen LogP contribution in [0.3, 0.4) is 0 Å². The fraction of sp³-hybridized carbons (Fsp3) is 0.370. The molecule has 0 radical (unpaired) electrons. The van der Waals surface area contributed by atoms with Crippen LogP contribution >= 0.6 is 0 Å². The molecule has 0 aliphatic heterocycles. The van der Waals surface area contributed by atoms with E-state index in [1.165, 1.54) is 53.0 Å². The van der Waals surface area contributed by atoms with E-state index in [-0.39, 0.29) is 19.9 Å². The Morgan fingerprint density at radius 3 is 2.42 bits per heavy atom. The Hall–Kier alpha value is -2.27. The van der Waals surface area contributed by atoms with E-state index in [0.717, 1.165) is 6.04 Å². The van der Waals surface area contributed by atoms with Gasteiger partial charge in [0.25, 0.3) is 0 Å². The molecule has 0 fully saturated rings. The van der Waals surface area contributed by atoms with Crippen LogP contribution in [0.4, 0.5) is 0 Å². The number of hydrogen-bond donors (Lipinski definition) is 0. The third kappa shape index (κ3) is 3.78. The van der Waals surface area contributed by atoms with Crippen molar-refractivity contribution in [3.63, 3.8) is 0 Å². The van der Waals surface area contributed by atoms with Gasteiger partial charge in [-0.15, -0.1) is 0 Å². The normalized spacial score (nSPS) is 13.0. The molecule has 33 heavy (non-hydrogen) atoms. The Morgan fingerprint density at radius 2 is 1.76 bits per heavy atom. The maximum absolute atomic E-state index is 4.61. The van der Waals surface area contributed by atoms with Crippen molar-refractivity contribution < 1.29 is 4.57 Å². The summed E-state index contributed by atoms with van der Waals surface area (Å²) in [7, 11) is 0.905. The van der Waals surface area contributed by atoms with Gasteiger partial charge in [-0.25, -0.2) is 0 Å². The molecule has 0 bridgehead atoms. The number of rotatable bonds is 3. The molecule has 170 valence electrons. The van der Waals surface area contributed by atoms with Gasteiger partial charge in [-0.3, -0.25) is 0 Å². The molecule has 0 amide bonds. The molecule has 0 atom stereocenters. The summed E-state index contributed by atoms with van der Waals surface area (Å²) in [5, 5.41) is 11.9. The maximum atomic E-state index is 4.61. The van der Waals surface area contributed by atoms with Gasteiger partial charge in [0.15, 0.2) is 0 Å². The Kier molecular flexibility index (Phi) is 5.20. The molecule has 5 rings (SSSR count). The van der Waals surface area contributed by atoms with Crippen molar-refractivity contribution >= 4 is 47.5 Å². The second-order valence-corrected chi connectivity index (χ2v) is 19.0. The number of fused-ring (bicyclic) bond motifs is 4. The topological polar surface area (TPSA) is 34.1 Å². The van der Waals surface area contributed by atoms with Crippen LogP contribution in [0.15, 0.2) is 42.6 Å². The van der Waals surface area contributed by atoms with Crippen molar-refractivity contribution in [3.8, 4) is 11.3 Å². The predicted octanol–water partition coefficient (Wildman–Crippen LogP) is 5.61. The first-order valence-corrected chi connectivity index (χ1v) is 17.1. The van der Waals surface area contributed by atoms with Gasteiger partial charge >= 0.3 is 203 Å². The summed E-state index contributed by atoms with van der Waals surface area (Å²) in [5.74, 6) is 0. The molecule has 0 saturated heterocycles. The second-order valence-electron chi connectivity index (χ2n) is 11.5. The molecule has 6 heteroatoms. The first kappa shape index (κ1) is 22.5. The van der Waals surface area contributed by atoms with Crippen LogP contribution in [-0.4, -0.2) is 37.4 Å². The average Bonchev–Trinajstić information content (AvgIpc) is 3.27. The fourth-order valence-corrected chi connectivity index (χ4v) is 9.02. The summed E-state index contributed by atoms with van der Waals surface area (Å²) in [5.41, 5.74) is 7.90. The molecule has 4 nitrogen and oxygen atoms in total. The van der Waals surface area contributed by atoms with E-state index in [4.69, 9.17) is 0 Å². The molecule has 3 heterocycles. The van der Waals surface area contributed by atoms with Gasteiger partial charge in [-0.05, 0) is 0 Å². The van der Waals surface area contributed by atoms with Crippen molar-refractivity contribution in [3.05, 3.63) is 59.4 Å². The van der Waals surface area contributed by atoms with E-state index in [1.54, 1.807) is 0 Å². The monoisotopic (exact) mass is 521 g/mol. The Morgan fingerprint density at radius 1 is 1.06 bits per heavy atom. The predicted molar refractivity (Wildman–Crippen MR) is 142 cm³/mol. The number of aromatic nitrogens is 4. The quantitative estimate of drug-likeness (QED) is 0.229. The van der Waals surface area contributed by atoms with E-state index in [1.807, 2.05) is 0 Å². The van der Waals surface area contributed by atoms with Crippen molar-refractivity contribution in [1.29, 1.82) is 0 Å². The summed E-state index contributed by atoms with van der Waals surface area (Å²) >= 11 is 0.183. The van der Waals surface area contributed by atoms with Crippen molar-refractivity contribution in [2.45, 2.75) is 58.8 Å². The van der Waals surface area contributed by atoms with Crippen LogP contribution in [0.1, 0.15) is 37.6 Å². The summed E-state index contributed by atoms with van der Waals surface area (Å²) in [4.78, 5) is 0. The molecule has 3 aromatic heterocycles. The zero-order valence-electron chi connectivity index (χ0n) is 20.9. The van der Waals surface area contributed by atoms with E-state index >= 15 is 0 Å². The minimum absolute atomic E-state index is 0.0605. The Bertz CT molecular complexity index is 1530. The summed E-state index contributed by atoms with van der Waals surface area (Å²) in [6.07, 6.45) is 2.19. The van der Waals surface area contributed by atoms with Crippen LogP contribution in [-0.2, 0) is 18.5 Å². The number of aryl methyl sites for hydroxylation is 2. The van der Waals surface area contributed by atoms with Gasteiger partial charge < -0.3 is 0 Å². The molecular formula is C27H33N4SeSi+. The third-order valence-corrected chi connectivity index (χ3v) is 10.4. The zero-order valence-corrected chi connectivity index (χ0v) is 23.7. The van der Waals surface area contributed by atoms with E-state index in [2.05, 4.69) is 116 Å². The van der Waals surface area contributed by atoms with E-state index < -0.39 is 8.07 Å². The van der Waals surface area contributed by atoms with E-state index in [0.29, 0.717) is 0 Å². The number of benzene rings is 2. The van der Waals surface area contributed by atoms with Gasteiger partial charge in [0.05, 0.1) is 0 Å². The van der Waals surface area contributed by atoms with Crippen molar-refractivity contribution in [2.24, 2.45) is 7.05 Å². The molecule has 0 aliphatic rings. The summed E-state index contributed by atoms with van der Waals surface area (Å²) in [6, 6.07) is 14.6. The summed E-state index contributed by atoms with van der Waals surface area (Å²) in [6.45, 7) is 16.5. The molecule has 5 aromatic rings. The van der Waals surface area contributed by atoms with Crippen molar-refractivity contribution in [1.82, 2.24) is 14.8 Å². The van der Waals surface area contributed by atoms with Crippen LogP contribution in [0.25, 0.3) is 36.2 Å². The minimum atomic E-state index is -1.28. The first-order valence-electron chi connectivity index (χ1n) is 11.6. The Labute approximate surface area is 203 Å². The van der Waals surface area contributed by atoms with Gasteiger partial charge in [0.2, 0.25) is 0 Å².